The van der Waals surface area contributed by atoms with E-state index in [9.17, 15) is 18.0 Å². The standard InChI is InChI=1S/C17H18N2O5S/c1-12-5-3-4-6-15(12)24-11-16(20)18-19-17(21)13-7-9-14(10-8-13)25(2,22)23/h3-10H,11H2,1-2H3,(H,18,20)(H,19,21). The average molecular weight is 362 g/mol. The first kappa shape index (κ1) is 18.5. The lowest BCUT2D eigenvalue weighted by Gasteiger charge is -2.10. The Balaban J connectivity index is 1.85. The van der Waals surface area contributed by atoms with Crippen molar-refractivity contribution in [2.45, 2.75) is 11.8 Å². The molecule has 2 aromatic rings. The van der Waals surface area contributed by atoms with Crippen LogP contribution in [0.25, 0.3) is 0 Å². The zero-order chi connectivity index (χ0) is 18.4. The number of hydrogen-bond donors (Lipinski definition) is 2. The molecule has 0 aliphatic heterocycles. The molecule has 0 atom stereocenters. The zero-order valence-corrected chi connectivity index (χ0v) is 14.6. The van der Waals surface area contributed by atoms with Crippen molar-refractivity contribution in [1.82, 2.24) is 10.9 Å². The molecule has 2 amide bonds. The zero-order valence-electron chi connectivity index (χ0n) is 13.8. The van der Waals surface area contributed by atoms with Gasteiger partial charge in [-0.25, -0.2) is 8.42 Å². The number of hydrogen-bond acceptors (Lipinski definition) is 5. The van der Waals surface area contributed by atoms with Crippen molar-refractivity contribution < 1.29 is 22.7 Å². The highest BCUT2D eigenvalue weighted by Gasteiger charge is 2.11. The third kappa shape index (κ3) is 5.32. The maximum Gasteiger partial charge on any atom is 0.276 e. The number of sulfone groups is 1. The molecule has 8 heteroatoms. The fourth-order valence-corrected chi connectivity index (χ4v) is 2.58. The molecule has 2 N–H and O–H groups in total. The van der Waals surface area contributed by atoms with E-state index in [1.807, 2.05) is 19.1 Å². The van der Waals surface area contributed by atoms with E-state index in [-0.39, 0.29) is 17.1 Å². The van der Waals surface area contributed by atoms with Crippen LogP contribution in [0.5, 0.6) is 5.75 Å². The van der Waals surface area contributed by atoms with Crippen LogP contribution in [0, 0.1) is 6.92 Å². The molecule has 0 aliphatic rings. The van der Waals surface area contributed by atoms with Crippen LogP contribution in [0.2, 0.25) is 0 Å². The molecule has 7 nitrogen and oxygen atoms in total. The lowest BCUT2D eigenvalue weighted by molar-refractivity contribution is -0.123. The van der Waals surface area contributed by atoms with Crippen LogP contribution in [0.4, 0.5) is 0 Å². The van der Waals surface area contributed by atoms with Crippen LogP contribution in [0.3, 0.4) is 0 Å². The van der Waals surface area contributed by atoms with Gasteiger partial charge in [-0.3, -0.25) is 20.4 Å². The molecule has 0 fully saturated rings. The van der Waals surface area contributed by atoms with Gasteiger partial charge >= 0.3 is 0 Å². The number of benzene rings is 2. The first-order valence-electron chi connectivity index (χ1n) is 7.35. The minimum Gasteiger partial charge on any atom is -0.483 e. The second kappa shape index (κ2) is 7.80. The van der Waals surface area contributed by atoms with E-state index in [0.29, 0.717) is 5.75 Å². The molecule has 132 valence electrons. The third-order valence-electron chi connectivity index (χ3n) is 3.31. The maximum atomic E-state index is 11.9. The first-order chi connectivity index (χ1) is 11.8. The van der Waals surface area contributed by atoms with Gasteiger partial charge in [0.05, 0.1) is 4.90 Å². The van der Waals surface area contributed by atoms with Crippen molar-refractivity contribution in [3.05, 3.63) is 59.7 Å². The fraction of sp³-hybridized carbons (Fsp3) is 0.176. The molecule has 0 bridgehead atoms. The van der Waals surface area contributed by atoms with Crippen molar-refractivity contribution in [3.63, 3.8) is 0 Å². The average Bonchev–Trinajstić information content (AvgIpc) is 2.58. The Morgan fingerprint density at radius 3 is 2.24 bits per heavy atom. The summed E-state index contributed by atoms with van der Waals surface area (Å²) in [4.78, 5) is 23.8. The van der Waals surface area contributed by atoms with E-state index < -0.39 is 21.7 Å². The van der Waals surface area contributed by atoms with Crippen molar-refractivity contribution in [1.29, 1.82) is 0 Å². The Hall–Kier alpha value is -2.87. The number of rotatable bonds is 5. The molecule has 0 spiro atoms. The Labute approximate surface area is 145 Å². The molecular formula is C17H18N2O5S. The minimum atomic E-state index is -3.33. The predicted octanol–water partition coefficient (Wildman–Crippen LogP) is 1.24. The SMILES string of the molecule is Cc1ccccc1OCC(=O)NNC(=O)c1ccc(S(C)(=O)=O)cc1. The second-order valence-corrected chi connectivity index (χ2v) is 7.37. The van der Waals surface area contributed by atoms with Gasteiger partial charge in [-0.2, -0.15) is 0 Å². The van der Waals surface area contributed by atoms with Crippen molar-refractivity contribution >= 4 is 21.7 Å². The van der Waals surface area contributed by atoms with Gasteiger partial charge in [0.15, 0.2) is 16.4 Å². The van der Waals surface area contributed by atoms with E-state index >= 15 is 0 Å². The Bertz CT molecular complexity index is 876. The van der Waals surface area contributed by atoms with Gasteiger partial charge in [0.2, 0.25) is 0 Å². The van der Waals surface area contributed by atoms with Crippen molar-refractivity contribution in [3.8, 4) is 5.75 Å². The summed E-state index contributed by atoms with van der Waals surface area (Å²) in [7, 11) is -3.33. The van der Waals surface area contributed by atoms with Crippen LogP contribution < -0.4 is 15.6 Å². The molecule has 0 radical (unpaired) electrons. The van der Waals surface area contributed by atoms with Crippen LogP contribution in [-0.2, 0) is 14.6 Å². The third-order valence-corrected chi connectivity index (χ3v) is 4.44. The Morgan fingerprint density at radius 1 is 1.00 bits per heavy atom. The quantitative estimate of drug-likeness (QED) is 0.779. The minimum absolute atomic E-state index is 0.111. The van der Waals surface area contributed by atoms with E-state index in [1.165, 1.54) is 24.3 Å². The van der Waals surface area contributed by atoms with Gasteiger partial charge < -0.3 is 4.74 Å². The Morgan fingerprint density at radius 2 is 1.64 bits per heavy atom. The fourth-order valence-electron chi connectivity index (χ4n) is 1.95. The lowest BCUT2D eigenvalue weighted by atomic mass is 10.2. The Kier molecular flexibility index (Phi) is 5.76. The summed E-state index contributed by atoms with van der Waals surface area (Å²) in [6.45, 7) is 1.60. The summed E-state index contributed by atoms with van der Waals surface area (Å²) in [6.07, 6.45) is 1.08. The van der Waals surface area contributed by atoms with Crippen molar-refractivity contribution in [2.75, 3.05) is 12.9 Å². The van der Waals surface area contributed by atoms with Gasteiger partial charge in [0, 0.05) is 11.8 Å². The summed E-state index contributed by atoms with van der Waals surface area (Å²) in [5, 5.41) is 0. The van der Waals surface area contributed by atoms with Crippen LogP contribution in [0.1, 0.15) is 15.9 Å². The monoisotopic (exact) mass is 362 g/mol. The van der Waals surface area contributed by atoms with Gasteiger partial charge in [0.1, 0.15) is 5.75 Å². The van der Waals surface area contributed by atoms with Gasteiger partial charge in [-0.15, -0.1) is 0 Å². The van der Waals surface area contributed by atoms with Gasteiger partial charge in [-0.1, -0.05) is 18.2 Å². The molecule has 0 saturated heterocycles. The number of carbonyl (C=O) groups excluding carboxylic acids is 2. The number of aryl methyl sites for hydroxylation is 1. The molecule has 2 aromatic carbocycles. The second-order valence-electron chi connectivity index (χ2n) is 5.35. The largest absolute Gasteiger partial charge is 0.483 e. The molecular weight excluding hydrogens is 344 g/mol. The highest BCUT2D eigenvalue weighted by Crippen LogP contribution is 2.15. The molecule has 0 unspecified atom stereocenters. The van der Waals surface area contributed by atoms with Gasteiger partial charge in [-0.05, 0) is 42.8 Å². The number of carbonyl (C=O) groups is 2. The topological polar surface area (TPSA) is 102 Å². The lowest BCUT2D eigenvalue weighted by Crippen LogP contribution is -2.43. The highest BCUT2D eigenvalue weighted by molar-refractivity contribution is 7.90. The smallest absolute Gasteiger partial charge is 0.276 e. The van der Waals surface area contributed by atoms with Gasteiger partial charge in [0.25, 0.3) is 11.8 Å². The van der Waals surface area contributed by atoms with Crippen LogP contribution in [0.15, 0.2) is 53.4 Å². The van der Waals surface area contributed by atoms with E-state index in [1.54, 1.807) is 12.1 Å². The summed E-state index contributed by atoms with van der Waals surface area (Å²) in [5.74, 6) is -0.506. The molecule has 2 rings (SSSR count). The number of hydrazine groups is 1. The van der Waals surface area contributed by atoms with Crippen LogP contribution >= 0.6 is 0 Å². The normalized spacial score (nSPS) is 10.8. The summed E-state index contributed by atoms with van der Waals surface area (Å²) in [5.41, 5.74) is 5.58. The number of ether oxygens (including phenoxy) is 1. The predicted molar refractivity (Wildman–Crippen MR) is 91.8 cm³/mol. The first-order valence-corrected chi connectivity index (χ1v) is 9.24. The number of para-hydroxylation sites is 1. The van der Waals surface area contributed by atoms with Crippen LogP contribution in [-0.4, -0.2) is 33.1 Å². The molecule has 0 heterocycles. The number of nitrogens with one attached hydrogen (secondary N) is 2. The molecule has 0 saturated carbocycles. The summed E-state index contributed by atoms with van der Waals surface area (Å²) >= 11 is 0. The van der Waals surface area contributed by atoms with Crippen molar-refractivity contribution in [2.24, 2.45) is 0 Å². The molecule has 25 heavy (non-hydrogen) atoms. The van der Waals surface area contributed by atoms with E-state index in [2.05, 4.69) is 10.9 Å². The molecule has 0 aliphatic carbocycles. The molecule has 0 aromatic heterocycles. The van der Waals surface area contributed by atoms with E-state index in [4.69, 9.17) is 4.74 Å². The number of amides is 2. The summed E-state index contributed by atoms with van der Waals surface area (Å²) < 4.78 is 28.1. The summed E-state index contributed by atoms with van der Waals surface area (Å²) in [6, 6.07) is 12.6. The van der Waals surface area contributed by atoms with E-state index in [0.717, 1.165) is 11.8 Å². The highest BCUT2D eigenvalue weighted by atomic mass is 32.2. The maximum absolute atomic E-state index is 11.9.